The summed E-state index contributed by atoms with van der Waals surface area (Å²) in [6.45, 7) is 3.12. The molecule has 0 aliphatic carbocycles. The molecule has 9 heteroatoms. The molecule has 0 saturated heterocycles. The van der Waals surface area contributed by atoms with Crippen molar-refractivity contribution >= 4 is 27.0 Å². The highest BCUT2D eigenvalue weighted by Crippen LogP contribution is 2.20. The molecule has 0 saturated carbocycles. The number of aromatic nitrogens is 2. The minimum Gasteiger partial charge on any atom is -0.481 e. The Morgan fingerprint density at radius 1 is 1.43 bits per heavy atom. The fourth-order valence-corrected chi connectivity index (χ4v) is 3.67. The Bertz CT molecular complexity index is 891. The maximum atomic E-state index is 12.7. The van der Waals surface area contributed by atoms with Gasteiger partial charge in [-0.2, -0.15) is 4.31 Å². The van der Waals surface area contributed by atoms with E-state index < -0.39 is 21.9 Å². The largest absolute Gasteiger partial charge is 0.481 e. The third-order valence-electron chi connectivity index (χ3n) is 3.44. The van der Waals surface area contributed by atoms with Gasteiger partial charge in [0.05, 0.1) is 28.0 Å². The number of carboxylic acid groups (broad SMARTS) is 1. The van der Waals surface area contributed by atoms with Gasteiger partial charge in [0, 0.05) is 13.1 Å². The van der Waals surface area contributed by atoms with Crippen molar-refractivity contribution in [1.82, 2.24) is 14.3 Å². The zero-order valence-electron chi connectivity index (χ0n) is 12.7. The van der Waals surface area contributed by atoms with Crippen molar-refractivity contribution in [2.45, 2.75) is 18.7 Å². The van der Waals surface area contributed by atoms with Crippen molar-refractivity contribution in [3.8, 4) is 0 Å². The number of sulfonamides is 1. The highest BCUT2D eigenvalue weighted by atomic mass is 32.2. The van der Waals surface area contributed by atoms with Crippen LogP contribution in [-0.2, 0) is 14.8 Å². The predicted octanol–water partition coefficient (Wildman–Crippen LogP) is 0.654. The first kappa shape index (κ1) is 17.1. The van der Waals surface area contributed by atoms with Crippen LogP contribution in [0.25, 0.3) is 11.0 Å². The van der Waals surface area contributed by atoms with Gasteiger partial charge in [0.15, 0.2) is 0 Å². The highest BCUT2D eigenvalue weighted by molar-refractivity contribution is 7.89. The van der Waals surface area contributed by atoms with Crippen molar-refractivity contribution in [3.05, 3.63) is 34.7 Å². The molecule has 8 nitrogen and oxygen atoms in total. The van der Waals surface area contributed by atoms with Crippen LogP contribution in [0, 0.1) is 5.92 Å². The summed E-state index contributed by atoms with van der Waals surface area (Å²) in [6, 6.07) is 4.18. The van der Waals surface area contributed by atoms with Gasteiger partial charge in [-0.3, -0.25) is 9.59 Å². The third kappa shape index (κ3) is 3.57. The van der Waals surface area contributed by atoms with E-state index in [1.54, 1.807) is 6.92 Å². The number of H-pyrrole nitrogens is 1. The summed E-state index contributed by atoms with van der Waals surface area (Å²) < 4.78 is 26.4. The number of rotatable bonds is 6. The molecule has 0 amide bonds. The van der Waals surface area contributed by atoms with Crippen molar-refractivity contribution in [2.75, 3.05) is 13.1 Å². The van der Waals surface area contributed by atoms with Crippen molar-refractivity contribution in [1.29, 1.82) is 0 Å². The molecule has 1 aromatic carbocycles. The number of benzene rings is 1. The van der Waals surface area contributed by atoms with Gasteiger partial charge in [-0.15, -0.1) is 0 Å². The Kier molecular flexibility index (Phi) is 4.81. The SMILES string of the molecule is CCN(CC(C)C(=O)O)S(=O)(=O)c1ccc2[nH]c(=O)cnc2c1. The van der Waals surface area contributed by atoms with Crippen LogP contribution < -0.4 is 5.56 Å². The Morgan fingerprint density at radius 2 is 2.13 bits per heavy atom. The number of aromatic amines is 1. The van der Waals surface area contributed by atoms with E-state index in [2.05, 4.69) is 9.97 Å². The molecule has 0 spiro atoms. The molecule has 1 atom stereocenters. The van der Waals surface area contributed by atoms with E-state index in [-0.39, 0.29) is 23.5 Å². The van der Waals surface area contributed by atoms with Gasteiger partial charge in [-0.25, -0.2) is 13.4 Å². The van der Waals surface area contributed by atoms with E-state index >= 15 is 0 Å². The molecule has 0 fully saturated rings. The Labute approximate surface area is 132 Å². The standard InChI is InChI=1S/C14H17N3O5S/c1-3-17(8-9(2)14(19)20)23(21,22)10-4-5-11-12(6-10)15-7-13(18)16-11/h4-7,9H,3,8H2,1-2H3,(H,16,18)(H,19,20). The first-order valence-electron chi connectivity index (χ1n) is 6.97. The van der Waals surface area contributed by atoms with Gasteiger partial charge >= 0.3 is 5.97 Å². The van der Waals surface area contributed by atoms with Crippen LogP contribution in [0.2, 0.25) is 0 Å². The number of hydrogen-bond acceptors (Lipinski definition) is 5. The molecule has 2 N–H and O–H groups in total. The summed E-state index contributed by atoms with van der Waals surface area (Å²) in [4.78, 5) is 28.6. The minimum atomic E-state index is -3.84. The molecule has 1 unspecified atom stereocenters. The number of aliphatic carboxylic acids is 1. The van der Waals surface area contributed by atoms with Gasteiger partial charge in [0.1, 0.15) is 0 Å². The highest BCUT2D eigenvalue weighted by Gasteiger charge is 2.27. The summed E-state index contributed by atoms with van der Waals surface area (Å²) in [5.74, 6) is -1.88. The molecule has 0 aliphatic rings. The van der Waals surface area contributed by atoms with E-state index in [0.29, 0.717) is 11.0 Å². The van der Waals surface area contributed by atoms with Crippen molar-refractivity contribution in [2.24, 2.45) is 5.92 Å². The molecule has 2 aromatic rings. The van der Waals surface area contributed by atoms with E-state index in [4.69, 9.17) is 5.11 Å². The molecule has 0 bridgehead atoms. The topological polar surface area (TPSA) is 120 Å². The van der Waals surface area contributed by atoms with E-state index in [1.807, 2.05) is 0 Å². The molecule has 124 valence electrons. The lowest BCUT2D eigenvalue weighted by molar-refractivity contribution is -0.141. The summed E-state index contributed by atoms with van der Waals surface area (Å²) in [7, 11) is -3.84. The molecule has 23 heavy (non-hydrogen) atoms. The fourth-order valence-electron chi connectivity index (χ4n) is 2.11. The predicted molar refractivity (Wildman–Crippen MR) is 83.6 cm³/mol. The van der Waals surface area contributed by atoms with E-state index in [0.717, 1.165) is 10.5 Å². The van der Waals surface area contributed by atoms with Crippen LogP contribution in [0.1, 0.15) is 13.8 Å². The first-order chi connectivity index (χ1) is 10.8. The zero-order valence-corrected chi connectivity index (χ0v) is 13.5. The number of carbonyl (C=O) groups is 1. The Morgan fingerprint density at radius 3 is 2.74 bits per heavy atom. The number of fused-ring (bicyclic) bond motifs is 1. The maximum absolute atomic E-state index is 12.7. The van der Waals surface area contributed by atoms with Crippen LogP contribution in [0.5, 0.6) is 0 Å². The quantitative estimate of drug-likeness (QED) is 0.797. The summed E-state index contributed by atoms with van der Waals surface area (Å²) >= 11 is 0. The van der Waals surface area contributed by atoms with Crippen molar-refractivity contribution in [3.63, 3.8) is 0 Å². The van der Waals surface area contributed by atoms with E-state index in [1.165, 1.54) is 25.1 Å². The molecule has 1 heterocycles. The second-order valence-corrected chi connectivity index (χ2v) is 7.06. The van der Waals surface area contributed by atoms with Crippen LogP contribution >= 0.6 is 0 Å². The Balaban J connectivity index is 2.43. The van der Waals surface area contributed by atoms with Crippen molar-refractivity contribution < 1.29 is 18.3 Å². The first-order valence-corrected chi connectivity index (χ1v) is 8.41. The summed E-state index contributed by atoms with van der Waals surface area (Å²) in [6.07, 6.45) is 1.07. The van der Waals surface area contributed by atoms with Gasteiger partial charge in [-0.05, 0) is 18.2 Å². The number of nitrogens with one attached hydrogen (secondary N) is 1. The fraction of sp³-hybridized carbons (Fsp3) is 0.357. The molecule has 0 aliphatic heterocycles. The van der Waals surface area contributed by atoms with Gasteiger partial charge in [-0.1, -0.05) is 13.8 Å². The normalized spacial score (nSPS) is 13.3. The number of carboxylic acids is 1. The molecule has 0 radical (unpaired) electrons. The monoisotopic (exact) mass is 339 g/mol. The Hall–Kier alpha value is -2.26. The van der Waals surface area contributed by atoms with Crippen LogP contribution in [0.15, 0.2) is 34.1 Å². The molecular formula is C14H17N3O5S. The summed E-state index contributed by atoms with van der Waals surface area (Å²) in [5.41, 5.74) is 0.394. The number of hydrogen-bond donors (Lipinski definition) is 2. The third-order valence-corrected chi connectivity index (χ3v) is 5.37. The van der Waals surface area contributed by atoms with Crippen LogP contribution in [-0.4, -0.2) is 46.9 Å². The lowest BCUT2D eigenvalue weighted by Gasteiger charge is -2.22. The smallest absolute Gasteiger partial charge is 0.307 e. The second kappa shape index (κ2) is 6.47. The maximum Gasteiger partial charge on any atom is 0.307 e. The lowest BCUT2D eigenvalue weighted by atomic mass is 10.2. The van der Waals surface area contributed by atoms with Crippen LogP contribution in [0.3, 0.4) is 0 Å². The average Bonchev–Trinajstić information content (AvgIpc) is 2.51. The number of nitrogens with zero attached hydrogens (tertiary/aromatic N) is 2. The molecule has 2 rings (SSSR count). The minimum absolute atomic E-state index is 0.00369. The van der Waals surface area contributed by atoms with Crippen LogP contribution in [0.4, 0.5) is 0 Å². The van der Waals surface area contributed by atoms with Gasteiger partial charge < -0.3 is 10.1 Å². The molecular weight excluding hydrogens is 322 g/mol. The second-order valence-electron chi connectivity index (χ2n) is 5.12. The van der Waals surface area contributed by atoms with E-state index in [9.17, 15) is 18.0 Å². The lowest BCUT2D eigenvalue weighted by Crippen LogP contribution is -2.36. The zero-order chi connectivity index (χ0) is 17.2. The molecule has 1 aromatic heterocycles. The summed E-state index contributed by atoms with van der Waals surface area (Å²) in [5, 5.41) is 8.96. The van der Waals surface area contributed by atoms with Gasteiger partial charge in [0.2, 0.25) is 10.0 Å². The van der Waals surface area contributed by atoms with Gasteiger partial charge in [0.25, 0.3) is 5.56 Å². The average molecular weight is 339 g/mol.